The van der Waals surface area contributed by atoms with Crippen LogP contribution in [0.25, 0.3) is 0 Å². The summed E-state index contributed by atoms with van der Waals surface area (Å²) in [5.41, 5.74) is 1.78. The summed E-state index contributed by atoms with van der Waals surface area (Å²) in [6.07, 6.45) is 1.39. The van der Waals surface area contributed by atoms with E-state index in [1.807, 2.05) is 32.0 Å². The van der Waals surface area contributed by atoms with Crippen LogP contribution in [0.4, 0.5) is 0 Å². The van der Waals surface area contributed by atoms with Gasteiger partial charge in [0.25, 0.3) is 5.91 Å². The summed E-state index contributed by atoms with van der Waals surface area (Å²) in [4.78, 5) is 27.8. The average molecular weight is 343 g/mol. The fraction of sp³-hybridized carbons (Fsp3) is 0.278. The first-order valence-electron chi connectivity index (χ1n) is 7.78. The minimum absolute atomic E-state index is 0.122. The summed E-state index contributed by atoms with van der Waals surface area (Å²) in [6.45, 7) is 3.56. The molecule has 0 aliphatic rings. The van der Waals surface area contributed by atoms with Gasteiger partial charge in [0.05, 0.1) is 19.7 Å². The predicted octanol–water partition coefficient (Wildman–Crippen LogP) is 1.71. The van der Waals surface area contributed by atoms with Gasteiger partial charge in [-0.25, -0.2) is 4.98 Å². The highest BCUT2D eigenvalue weighted by atomic mass is 16.5. The van der Waals surface area contributed by atoms with Gasteiger partial charge in [-0.15, -0.1) is 0 Å². The maximum atomic E-state index is 12.1. The van der Waals surface area contributed by atoms with Gasteiger partial charge in [-0.3, -0.25) is 9.59 Å². The van der Waals surface area contributed by atoms with Crippen LogP contribution in [0.5, 0.6) is 11.5 Å². The van der Waals surface area contributed by atoms with E-state index in [0.29, 0.717) is 5.75 Å². The zero-order chi connectivity index (χ0) is 18.4. The number of ether oxygens (including phenoxy) is 1. The first kappa shape index (κ1) is 18.3. The van der Waals surface area contributed by atoms with Gasteiger partial charge in [0.1, 0.15) is 11.5 Å². The quantitative estimate of drug-likeness (QED) is 0.741. The van der Waals surface area contributed by atoms with E-state index < -0.39 is 5.91 Å². The summed E-state index contributed by atoms with van der Waals surface area (Å²) in [6, 6.07) is 8.29. The van der Waals surface area contributed by atoms with Crippen molar-refractivity contribution in [2.75, 3.05) is 13.7 Å². The topological polar surface area (TPSA) is 101 Å². The molecule has 2 amide bonds. The van der Waals surface area contributed by atoms with Gasteiger partial charge in [-0.2, -0.15) is 0 Å². The van der Waals surface area contributed by atoms with Crippen molar-refractivity contribution in [3.63, 3.8) is 0 Å². The van der Waals surface area contributed by atoms with Crippen LogP contribution in [-0.2, 0) is 4.79 Å². The number of hydrogen-bond donors (Lipinski definition) is 3. The molecule has 1 atom stereocenters. The number of pyridine rings is 1. The molecule has 2 rings (SSSR count). The summed E-state index contributed by atoms with van der Waals surface area (Å²) >= 11 is 0. The van der Waals surface area contributed by atoms with E-state index in [1.165, 1.54) is 18.3 Å². The summed E-state index contributed by atoms with van der Waals surface area (Å²) < 4.78 is 5.32. The van der Waals surface area contributed by atoms with Crippen LogP contribution in [-0.4, -0.2) is 35.6 Å². The lowest BCUT2D eigenvalue weighted by Gasteiger charge is -2.18. The molecule has 3 N–H and O–H groups in total. The Morgan fingerprint density at radius 1 is 1.32 bits per heavy atom. The summed E-state index contributed by atoms with van der Waals surface area (Å²) in [5.74, 6) is -0.534. The second-order valence-corrected chi connectivity index (χ2v) is 5.59. The number of benzene rings is 1. The molecule has 0 fully saturated rings. The number of nitrogens with one attached hydrogen (secondary N) is 2. The number of aromatic nitrogens is 1. The van der Waals surface area contributed by atoms with Gasteiger partial charge in [0, 0.05) is 11.8 Å². The molecule has 0 saturated carbocycles. The Hall–Kier alpha value is -3.09. The Morgan fingerprint density at radius 2 is 2.08 bits per heavy atom. The third kappa shape index (κ3) is 4.69. The zero-order valence-electron chi connectivity index (χ0n) is 14.4. The van der Waals surface area contributed by atoms with E-state index >= 15 is 0 Å². The minimum atomic E-state index is -0.617. The maximum Gasteiger partial charge on any atom is 0.274 e. The Labute approximate surface area is 146 Å². The number of nitrogens with zero attached hydrogens (tertiary/aromatic N) is 1. The number of carbonyl (C=O) groups is 2. The number of carbonyl (C=O) groups excluding carboxylic acids is 2. The van der Waals surface area contributed by atoms with Gasteiger partial charge in [-0.1, -0.05) is 17.7 Å². The molecule has 1 aromatic heterocycles. The Morgan fingerprint density at radius 3 is 2.76 bits per heavy atom. The molecule has 0 radical (unpaired) electrons. The van der Waals surface area contributed by atoms with E-state index in [-0.39, 0.29) is 29.9 Å². The van der Waals surface area contributed by atoms with Crippen LogP contribution in [0.15, 0.2) is 36.5 Å². The molecule has 0 aliphatic heterocycles. The maximum absolute atomic E-state index is 12.1. The number of amides is 2. The van der Waals surface area contributed by atoms with Crippen molar-refractivity contribution in [1.82, 2.24) is 15.6 Å². The number of methoxy groups -OCH3 is 1. The molecule has 0 unspecified atom stereocenters. The van der Waals surface area contributed by atoms with Crippen LogP contribution in [0.2, 0.25) is 0 Å². The lowest BCUT2D eigenvalue weighted by molar-refractivity contribution is -0.120. The molecule has 7 nitrogen and oxygen atoms in total. The molecular weight excluding hydrogens is 322 g/mol. The molecule has 25 heavy (non-hydrogen) atoms. The molecule has 1 aromatic carbocycles. The first-order valence-corrected chi connectivity index (χ1v) is 7.78. The Balaban J connectivity index is 1.95. The van der Waals surface area contributed by atoms with E-state index in [2.05, 4.69) is 15.6 Å². The monoisotopic (exact) mass is 343 g/mol. The van der Waals surface area contributed by atoms with Crippen LogP contribution >= 0.6 is 0 Å². The van der Waals surface area contributed by atoms with Crippen molar-refractivity contribution in [3.8, 4) is 11.5 Å². The van der Waals surface area contributed by atoms with Crippen molar-refractivity contribution in [2.45, 2.75) is 19.9 Å². The lowest BCUT2D eigenvalue weighted by Crippen LogP contribution is -2.38. The molecule has 2 aromatic rings. The van der Waals surface area contributed by atoms with Crippen molar-refractivity contribution >= 4 is 11.8 Å². The minimum Gasteiger partial charge on any atom is -0.505 e. The van der Waals surface area contributed by atoms with Crippen molar-refractivity contribution in [3.05, 3.63) is 53.3 Å². The molecule has 7 heteroatoms. The van der Waals surface area contributed by atoms with E-state index in [1.54, 1.807) is 7.11 Å². The Bertz CT molecular complexity index is 777. The highest BCUT2D eigenvalue weighted by Crippen LogP contribution is 2.25. The normalized spacial score (nSPS) is 11.5. The zero-order valence-corrected chi connectivity index (χ0v) is 14.4. The number of aryl methyl sites for hydroxylation is 1. The third-order valence-corrected chi connectivity index (χ3v) is 3.64. The second-order valence-electron chi connectivity index (χ2n) is 5.59. The molecule has 0 aliphatic carbocycles. The van der Waals surface area contributed by atoms with Gasteiger partial charge >= 0.3 is 0 Å². The fourth-order valence-corrected chi connectivity index (χ4v) is 2.38. The summed E-state index contributed by atoms with van der Waals surface area (Å²) in [5, 5.41) is 14.8. The molecule has 1 heterocycles. The van der Waals surface area contributed by atoms with Crippen LogP contribution in [0.1, 0.15) is 34.6 Å². The molecule has 0 spiro atoms. The van der Waals surface area contributed by atoms with E-state index in [4.69, 9.17) is 4.74 Å². The molecular formula is C18H21N3O4. The van der Waals surface area contributed by atoms with Gasteiger partial charge in [0.2, 0.25) is 5.91 Å². The average Bonchev–Trinajstić information content (AvgIpc) is 2.60. The van der Waals surface area contributed by atoms with E-state index in [9.17, 15) is 14.7 Å². The van der Waals surface area contributed by atoms with E-state index in [0.717, 1.165) is 11.1 Å². The number of rotatable bonds is 6. The van der Waals surface area contributed by atoms with Crippen LogP contribution < -0.4 is 15.4 Å². The standard InChI is InChI=1S/C18H21N3O4/c1-11-6-7-15(25-3)13(9-11)12(2)21-16(23)10-20-18(24)17-14(22)5-4-8-19-17/h4-9,12,22H,10H2,1-3H3,(H,20,24)(H,21,23)/t12-/m1/s1. The predicted molar refractivity (Wildman–Crippen MR) is 92.5 cm³/mol. The summed E-state index contributed by atoms with van der Waals surface area (Å²) in [7, 11) is 1.57. The molecule has 0 saturated heterocycles. The van der Waals surface area contributed by atoms with Crippen LogP contribution in [0, 0.1) is 6.92 Å². The second kappa shape index (κ2) is 8.14. The van der Waals surface area contributed by atoms with Crippen molar-refractivity contribution in [1.29, 1.82) is 0 Å². The molecule has 0 bridgehead atoms. The first-order chi connectivity index (χ1) is 11.9. The van der Waals surface area contributed by atoms with Crippen molar-refractivity contribution in [2.24, 2.45) is 0 Å². The largest absolute Gasteiger partial charge is 0.505 e. The Kier molecular flexibility index (Phi) is 5.94. The van der Waals surface area contributed by atoms with Gasteiger partial charge in [0.15, 0.2) is 5.69 Å². The third-order valence-electron chi connectivity index (χ3n) is 3.64. The fourth-order valence-electron chi connectivity index (χ4n) is 2.38. The highest BCUT2D eigenvalue weighted by Gasteiger charge is 2.16. The smallest absolute Gasteiger partial charge is 0.274 e. The number of hydrogen-bond acceptors (Lipinski definition) is 5. The SMILES string of the molecule is COc1ccc(C)cc1[C@@H](C)NC(=O)CNC(=O)c1ncccc1O. The lowest BCUT2D eigenvalue weighted by atomic mass is 10.0. The van der Waals surface area contributed by atoms with Crippen LogP contribution in [0.3, 0.4) is 0 Å². The highest BCUT2D eigenvalue weighted by molar-refractivity contribution is 5.96. The molecule has 132 valence electrons. The van der Waals surface area contributed by atoms with Crippen molar-refractivity contribution < 1.29 is 19.4 Å². The van der Waals surface area contributed by atoms with Gasteiger partial charge in [-0.05, 0) is 32.0 Å². The van der Waals surface area contributed by atoms with Gasteiger partial charge < -0.3 is 20.5 Å². The number of aromatic hydroxyl groups is 1.